The lowest BCUT2D eigenvalue weighted by Gasteiger charge is -2.09. The maximum absolute atomic E-state index is 5.59. The van der Waals surface area contributed by atoms with Gasteiger partial charge in [-0.2, -0.15) is 0 Å². The second kappa shape index (κ2) is 7.59. The quantitative estimate of drug-likeness (QED) is 0.536. The Morgan fingerprint density at radius 3 is 1.38 bits per heavy atom. The summed E-state index contributed by atoms with van der Waals surface area (Å²) < 4.78 is 5.59. The number of aryl methyl sites for hydroxylation is 2. The van der Waals surface area contributed by atoms with Crippen LogP contribution in [0.5, 0.6) is 5.75 Å². The van der Waals surface area contributed by atoms with E-state index in [1.54, 1.807) is 0 Å². The first-order chi connectivity index (χ1) is 11.7. The zero-order chi connectivity index (χ0) is 16.9. The summed E-state index contributed by atoms with van der Waals surface area (Å²) in [6.45, 7) is 6.97. The maximum atomic E-state index is 5.59. The fraction of sp³-hybridized carbons (Fsp3) is 0.182. The maximum Gasteiger partial charge on any atom is 0.166 e. The Labute approximate surface area is 147 Å². The molecule has 3 rings (SSSR count). The molecule has 0 saturated heterocycles. The fourth-order valence-corrected chi connectivity index (χ4v) is 4.64. The average Bonchev–Trinajstić information content (AvgIpc) is 2.60. The highest BCUT2D eigenvalue weighted by molar-refractivity contribution is 7.97. The van der Waals surface area contributed by atoms with Crippen molar-refractivity contribution in [3.63, 3.8) is 0 Å². The largest absolute Gasteiger partial charge is 0.494 e. The lowest BCUT2D eigenvalue weighted by molar-refractivity contribution is 0.340. The van der Waals surface area contributed by atoms with Crippen LogP contribution >= 0.6 is 0 Å². The Balaban J connectivity index is 2.04. The van der Waals surface area contributed by atoms with Gasteiger partial charge in [-0.05, 0) is 69.3 Å². The zero-order valence-electron chi connectivity index (χ0n) is 14.5. The SMILES string of the molecule is CCOc1ccc([S+](c2ccc(C)cc2)c2ccc(C)cc2)cc1. The molecule has 0 heterocycles. The van der Waals surface area contributed by atoms with E-state index in [9.17, 15) is 0 Å². The summed E-state index contributed by atoms with van der Waals surface area (Å²) in [5, 5.41) is 0. The summed E-state index contributed by atoms with van der Waals surface area (Å²) in [5.41, 5.74) is 2.58. The van der Waals surface area contributed by atoms with Crippen LogP contribution in [-0.2, 0) is 10.9 Å². The molecule has 0 amide bonds. The summed E-state index contributed by atoms with van der Waals surface area (Å²) in [5.74, 6) is 0.928. The fourth-order valence-electron chi connectivity index (χ4n) is 2.60. The van der Waals surface area contributed by atoms with Crippen molar-refractivity contribution in [3.05, 3.63) is 83.9 Å². The number of rotatable bonds is 5. The van der Waals surface area contributed by atoms with Crippen molar-refractivity contribution in [2.45, 2.75) is 35.5 Å². The van der Waals surface area contributed by atoms with Crippen LogP contribution in [0, 0.1) is 13.8 Å². The molecule has 3 aromatic rings. The lowest BCUT2D eigenvalue weighted by Crippen LogP contribution is -2.05. The first-order valence-corrected chi connectivity index (χ1v) is 9.50. The van der Waals surface area contributed by atoms with Crippen LogP contribution in [0.15, 0.2) is 87.5 Å². The summed E-state index contributed by atoms with van der Waals surface area (Å²) in [7, 11) is -0.0989. The minimum absolute atomic E-state index is 0.0989. The van der Waals surface area contributed by atoms with E-state index in [4.69, 9.17) is 4.74 Å². The molecule has 0 atom stereocenters. The molecular weight excluding hydrogens is 312 g/mol. The molecular formula is C22H23OS+. The van der Waals surface area contributed by atoms with Crippen molar-refractivity contribution in [1.29, 1.82) is 0 Å². The standard InChI is InChI=1S/C22H23OS/c1-4-23-19-9-15-22(16-10-19)24(20-11-5-17(2)6-12-20)21-13-7-18(3)8-14-21/h5-16H,4H2,1-3H3/q+1. The van der Waals surface area contributed by atoms with E-state index in [0.29, 0.717) is 6.61 Å². The topological polar surface area (TPSA) is 9.23 Å². The molecule has 24 heavy (non-hydrogen) atoms. The third kappa shape index (κ3) is 3.82. The molecule has 0 aliphatic rings. The van der Waals surface area contributed by atoms with Crippen molar-refractivity contribution in [3.8, 4) is 5.75 Å². The number of ether oxygens (including phenoxy) is 1. The molecule has 0 aliphatic heterocycles. The molecule has 2 heteroatoms. The van der Waals surface area contributed by atoms with Crippen molar-refractivity contribution in [1.82, 2.24) is 0 Å². The molecule has 0 N–H and O–H groups in total. The Morgan fingerprint density at radius 1 is 0.625 bits per heavy atom. The van der Waals surface area contributed by atoms with E-state index in [2.05, 4.69) is 86.6 Å². The molecule has 0 unspecified atom stereocenters. The highest BCUT2D eigenvalue weighted by atomic mass is 32.2. The predicted octanol–water partition coefficient (Wildman–Crippen LogP) is 5.80. The van der Waals surface area contributed by atoms with Crippen LogP contribution in [-0.4, -0.2) is 6.61 Å². The zero-order valence-corrected chi connectivity index (χ0v) is 15.3. The minimum atomic E-state index is -0.0989. The van der Waals surface area contributed by atoms with Crippen molar-refractivity contribution < 1.29 is 4.74 Å². The van der Waals surface area contributed by atoms with Gasteiger partial charge in [-0.1, -0.05) is 35.4 Å². The molecule has 0 fully saturated rings. The molecule has 0 spiro atoms. The van der Waals surface area contributed by atoms with Gasteiger partial charge in [0.05, 0.1) is 17.5 Å². The summed E-state index contributed by atoms with van der Waals surface area (Å²) in [6.07, 6.45) is 0. The first kappa shape index (κ1) is 16.7. The predicted molar refractivity (Wildman–Crippen MR) is 102 cm³/mol. The second-order valence-electron chi connectivity index (χ2n) is 5.84. The highest BCUT2D eigenvalue weighted by Crippen LogP contribution is 2.32. The van der Waals surface area contributed by atoms with Gasteiger partial charge < -0.3 is 4.74 Å². The molecule has 0 radical (unpaired) electrons. The minimum Gasteiger partial charge on any atom is -0.494 e. The molecule has 0 aromatic heterocycles. The second-order valence-corrected chi connectivity index (χ2v) is 7.86. The van der Waals surface area contributed by atoms with Crippen LogP contribution in [0.2, 0.25) is 0 Å². The van der Waals surface area contributed by atoms with Crippen LogP contribution in [0.25, 0.3) is 0 Å². The number of benzene rings is 3. The monoisotopic (exact) mass is 335 g/mol. The van der Waals surface area contributed by atoms with Gasteiger partial charge in [-0.15, -0.1) is 0 Å². The van der Waals surface area contributed by atoms with Crippen molar-refractivity contribution in [2.24, 2.45) is 0 Å². The van der Waals surface area contributed by atoms with E-state index in [0.717, 1.165) is 5.75 Å². The van der Waals surface area contributed by atoms with E-state index in [1.165, 1.54) is 25.8 Å². The Morgan fingerprint density at radius 2 is 1.00 bits per heavy atom. The van der Waals surface area contributed by atoms with Crippen LogP contribution in [0.3, 0.4) is 0 Å². The number of hydrogen-bond donors (Lipinski definition) is 0. The molecule has 122 valence electrons. The Hall–Kier alpha value is -2.19. The molecule has 1 nitrogen and oxygen atoms in total. The van der Waals surface area contributed by atoms with Gasteiger partial charge in [0.25, 0.3) is 0 Å². The van der Waals surface area contributed by atoms with E-state index in [-0.39, 0.29) is 10.9 Å². The van der Waals surface area contributed by atoms with Gasteiger partial charge in [0, 0.05) is 0 Å². The van der Waals surface area contributed by atoms with E-state index >= 15 is 0 Å². The lowest BCUT2D eigenvalue weighted by atomic mass is 10.2. The third-order valence-electron chi connectivity index (χ3n) is 3.88. The van der Waals surface area contributed by atoms with Gasteiger partial charge in [-0.25, -0.2) is 0 Å². The highest BCUT2D eigenvalue weighted by Gasteiger charge is 2.28. The van der Waals surface area contributed by atoms with Crippen LogP contribution in [0.1, 0.15) is 18.1 Å². The van der Waals surface area contributed by atoms with Crippen LogP contribution in [0.4, 0.5) is 0 Å². The Bertz CT molecular complexity index is 728. The molecule has 0 bridgehead atoms. The van der Waals surface area contributed by atoms with Gasteiger partial charge in [0.1, 0.15) is 5.75 Å². The molecule has 0 saturated carbocycles. The summed E-state index contributed by atoms with van der Waals surface area (Å²) >= 11 is 0. The smallest absolute Gasteiger partial charge is 0.166 e. The Kier molecular flexibility index (Phi) is 5.27. The van der Waals surface area contributed by atoms with E-state index in [1.807, 2.05) is 6.92 Å². The summed E-state index contributed by atoms with van der Waals surface area (Å²) in [6, 6.07) is 26.3. The average molecular weight is 335 g/mol. The van der Waals surface area contributed by atoms with E-state index < -0.39 is 0 Å². The normalized spacial score (nSPS) is 10.8. The third-order valence-corrected chi connectivity index (χ3v) is 6.11. The number of hydrogen-bond acceptors (Lipinski definition) is 1. The molecule has 0 aliphatic carbocycles. The van der Waals surface area contributed by atoms with Crippen molar-refractivity contribution in [2.75, 3.05) is 6.61 Å². The van der Waals surface area contributed by atoms with Crippen molar-refractivity contribution >= 4 is 10.9 Å². The van der Waals surface area contributed by atoms with Gasteiger partial charge in [0.2, 0.25) is 0 Å². The first-order valence-electron chi connectivity index (χ1n) is 8.28. The van der Waals surface area contributed by atoms with Gasteiger partial charge in [-0.3, -0.25) is 0 Å². The molecule has 3 aromatic carbocycles. The van der Waals surface area contributed by atoms with Gasteiger partial charge >= 0.3 is 0 Å². The summed E-state index contributed by atoms with van der Waals surface area (Å²) in [4.78, 5) is 3.99. The van der Waals surface area contributed by atoms with Crippen LogP contribution < -0.4 is 4.74 Å². The van der Waals surface area contributed by atoms with Gasteiger partial charge in [0.15, 0.2) is 14.7 Å².